The highest BCUT2D eigenvalue weighted by Crippen LogP contribution is 2.38. The van der Waals surface area contributed by atoms with Gasteiger partial charge in [0, 0.05) is 16.5 Å². The Morgan fingerprint density at radius 2 is 2.06 bits per heavy atom. The Morgan fingerprint density at radius 1 is 1.25 bits per heavy atom. The van der Waals surface area contributed by atoms with Crippen molar-refractivity contribution in [2.24, 2.45) is 5.73 Å². The van der Waals surface area contributed by atoms with Crippen molar-refractivity contribution in [2.45, 2.75) is 19.3 Å². The van der Waals surface area contributed by atoms with Crippen molar-refractivity contribution in [2.75, 3.05) is 19.8 Å². The molecule has 1 aromatic rings. The highest BCUT2D eigenvalue weighted by molar-refractivity contribution is 9.10. The maximum atomic E-state index is 5.76. The van der Waals surface area contributed by atoms with Gasteiger partial charge in [-0.05, 0) is 31.5 Å². The van der Waals surface area contributed by atoms with E-state index in [9.17, 15) is 0 Å². The maximum Gasteiger partial charge on any atom is 0.165 e. The van der Waals surface area contributed by atoms with Crippen LogP contribution in [0.1, 0.15) is 18.4 Å². The van der Waals surface area contributed by atoms with Crippen LogP contribution in [0.3, 0.4) is 0 Å². The minimum absolute atomic E-state index is 0.691. The molecule has 0 saturated heterocycles. The van der Waals surface area contributed by atoms with Crippen LogP contribution in [0.25, 0.3) is 0 Å². The van der Waals surface area contributed by atoms with Crippen LogP contribution < -0.4 is 15.2 Å². The molecule has 2 rings (SSSR count). The van der Waals surface area contributed by atoms with E-state index < -0.39 is 0 Å². The van der Waals surface area contributed by atoms with E-state index in [1.807, 2.05) is 12.1 Å². The Kier molecular flexibility index (Phi) is 4.07. The fourth-order valence-corrected chi connectivity index (χ4v) is 2.29. The third kappa shape index (κ3) is 2.50. The van der Waals surface area contributed by atoms with E-state index in [4.69, 9.17) is 15.2 Å². The SMILES string of the molecule is NCCCc1c(Br)ccc2c1OCCCO2. The minimum Gasteiger partial charge on any atom is -0.490 e. The molecule has 0 saturated carbocycles. The minimum atomic E-state index is 0.691. The normalized spacial score (nSPS) is 14.6. The number of halogens is 1. The van der Waals surface area contributed by atoms with Gasteiger partial charge < -0.3 is 15.2 Å². The monoisotopic (exact) mass is 285 g/mol. The number of benzene rings is 1. The molecule has 0 atom stereocenters. The molecule has 1 aliphatic rings. The van der Waals surface area contributed by atoms with Gasteiger partial charge in [-0.1, -0.05) is 15.9 Å². The summed E-state index contributed by atoms with van der Waals surface area (Å²) >= 11 is 3.55. The van der Waals surface area contributed by atoms with Gasteiger partial charge in [0.1, 0.15) is 0 Å². The van der Waals surface area contributed by atoms with Crippen LogP contribution in [0.4, 0.5) is 0 Å². The summed E-state index contributed by atoms with van der Waals surface area (Å²) in [6.45, 7) is 2.14. The fourth-order valence-electron chi connectivity index (χ4n) is 1.78. The first-order valence-electron chi connectivity index (χ1n) is 5.60. The Morgan fingerprint density at radius 3 is 2.88 bits per heavy atom. The van der Waals surface area contributed by atoms with Crippen LogP contribution in [-0.2, 0) is 6.42 Å². The van der Waals surface area contributed by atoms with E-state index in [0.717, 1.165) is 48.4 Å². The van der Waals surface area contributed by atoms with Crippen LogP contribution in [0, 0.1) is 0 Å². The maximum absolute atomic E-state index is 5.76. The molecule has 88 valence electrons. The van der Waals surface area contributed by atoms with Gasteiger partial charge in [-0.2, -0.15) is 0 Å². The topological polar surface area (TPSA) is 44.5 Å². The second kappa shape index (κ2) is 5.55. The smallest absolute Gasteiger partial charge is 0.165 e. The molecule has 0 unspecified atom stereocenters. The van der Waals surface area contributed by atoms with E-state index in [-0.39, 0.29) is 0 Å². The molecule has 0 aliphatic carbocycles. The molecule has 0 aromatic heterocycles. The lowest BCUT2D eigenvalue weighted by atomic mass is 10.1. The summed E-state index contributed by atoms with van der Waals surface area (Å²) in [6.07, 6.45) is 2.81. The van der Waals surface area contributed by atoms with Crippen LogP contribution in [-0.4, -0.2) is 19.8 Å². The van der Waals surface area contributed by atoms with Crippen molar-refractivity contribution in [3.8, 4) is 11.5 Å². The molecule has 0 bridgehead atoms. The summed E-state index contributed by atoms with van der Waals surface area (Å²) < 4.78 is 12.5. The first kappa shape index (κ1) is 11.7. The molecular formula is C12H16BrNO2. The van der Waals surface area contributed by atoms with Gasteiger partial charge in [-0.3, -0.25) is 0 Å². The molecule has 4 heteroatoms. The molecule has 0 spiro atoms. The summed E-state index contributed by atoms with van der Waals surface area (Å²) in [7, 11) is 0. The van der Waals surface area contributed by atoms with Gasteiger partial charge in [0.15, 0.2) is 11.5 Å². The number of nitrogens with two attached hydrogens (primary N) is 1. The van der Waals surface area contributed by atoms with Crippen molar-refractivity contribution in [1.29, 1.82) is 0 Å². The zero-order chi connectivity index (χ0) is 11.4. The van der Waals surface area contributed by atoms with Gasteiger partial charge in [-0.25, -0.2) is 0 Å². The molecular weight excluding hydrogens is 270 g/mol. The predicted molar refractivity (Wildman–Crippen MR) is 67.1 cm³/mol. The highest BCUT2D eigenvalue weighted by Gasteiger charge is 2.16. The van der Waals surface area contributed by atoms with Gasteiger partial charge in [-0.15, -0.1) is 0 Å². The van der Waals surface area contributed by atoms with Gasteiger partial charge in [0.2, 0.25) is 0 Å². The van der Waals surface area contributed by atoms with Gasteiger partial charge >= 0.3 is 0 Å². The van der Waals surface area contributed by atoms with Crippen LogP contribution in [0.15, 0.2) is 16.6 Å². The predicted octanol–water partition coefficient (Wildman–Crippen LogP) is 2.50. The third-order valence-corrected chi connectivity index (χ3v) is 3.33. The fraction of sp³-hybridized carbons (Fsp3) is 0.500. The van der Waals surface area contributed by atoms with Crippen LogP contribution in [0.2, 0.25) is 0 Å². The van der Waals surface area contributed by atoms with E-state index >= 15 is 0 Å². The lowest BCUT2D eigenvalue weighted by molar-refractivity contribution is 0.296. The first-order valence-corrected chi connectivity index (χ1v) is 6.39. The molecule has 16 heavy (non-hydrogen) atoms. The second-order valence-electron chi connectivity index (χ2n) is 3.80. The van der Waals surface area contributed by atoms with Crippen molar-refractivity contribution in [3.05, 3.63) is 22.2 Å². The molecule has 1 aliphatic heterocycles. The Labute approximate surface area is 104 Å². The summed E-state index contributed by atoms with van der Waals surface area (Å²) in [6, 6.07) is 3.97. The molecule has 3 nitrogen and oxygen atoms in total. The molecule has 0 amide bonds. The molecule has 1 aromatic carbocycles. The summed E-state index contributed by atoms with van der Waals surface area (Å²) in [5, 5.41) is 0. The Hall–Kier alpha value is -0.740. The highest BCUT2D eigenvalue weighted by atomic mass is 79.9. The summed E-state index contributed by atoms with van der Waals surface area (Å²) in [4.78, 5) is 0. The zero-order valence-electron chi connectivity index (χ0n) is 9.17. The molecule has 0 fully saturated rings. The van der Waals surface area contributed by atoms with Crippen molar-refractivity contribution in [1.82, 2.24) is 0 Å². The van der Waals surface area contributed by atoms with E-state index in [1.54, 1.807) is 0 Å². The first-order chi connectivity index (χ1) is 7.83. The van der Waals surface area contributed by atoms with Crippen LogP contribution in [0.5, 0.6) is 11.5 Å². The average molecular weight is 286 g/mol. The second-order valence-corrected chi connectivity index (χ2v) is 4.65. The zero-order valence-corrected chi connectivity index (χ0v) is 10.8. The van der Waals surface area contributed by atoms with E-state index in [2.05, 4.69) is 15.9 Å². The van der Waals surface area contributed by atoms with Crippen molar-refractivity contribution >= 4 is 15.9 Å². The standard InChI is InChI=1S/C12H16BrNO2/c13-10-4-5-11-12(9(10)3-1-6-14)16-8-2-7-15-11/h4-5H,1-3,6-8,14H2. The Bertz CT molecular complexity index is 368. The quantitative estimate of drug-likeness (QED) is 0.928. The number of ether oxygens (including phenoxy) is 2. The van der Waals surface area contributed by atoms with Crippen LogP contribution >= 0.6 is 15.9 Å². The third-order valence-electron chi connectivity index (χ3n) is 2.59. The van der Waals surface area contributed by atoms with E-state index in [1.165, 1.54) is 5.56 Å². The summed E-state index contributed by atoms with van der Waals surface area (Å²) in [5.74, 6) is 1.74. The molecule has 0 radical (unpaired) electrons. The number of hydrogen-bond donors (Lipinski definition) is 1. The molecule has 2 N–H and O–H groups in total. The lowest BCUT2D eigenvalue weighted by Gasteiger charge is -2.13. The molecule has 1 heterocycles. The largest absolute Gasteiger partial charge is 0.490 e. The van der Waals surface area contributed by atoms with Gasteiger partial charge in [0.25, 0.3) is 0 Å². The van der Waals surface area contributed by atoms with E-state index in [0.29, 0.717) is 6.54 Å². The lowest BCUT2D eigenvalue weighted by Crippen LogP contribution is -2.03. The Balaban J connectivity index is 2.32. The number of rotatable bonds is 3. The van der Waals surface area contributed by atoms with Gasteiger partial charge in [0.05, 0.1) is 13.2 Å². The van der Waals surface area contributed by atoms with Crippen molar-refractivity contribution < 1.29 is 9.47 Å². The average Bonchev–Trinajstić information content (AvgIpc) is 2.53. The number of hydrogen-bond acceptors (Lipinski definition) is 3. The van der Waals surface area contributed by atoms with Crippen molar-refractivity contribution in [3.63, 3.8) is 0 Å². The number of fused-ring (bicyclic) bond motifs is 1. The summed E-state index contributed by atoms with van der Waals surface area (Å²) in [5.41, 5.74) is 6.72.